The van der Waals surface area contributed by atoms with Gasteiger partial charge in [-0.1, -0.05) is 19.1 Å². The lowest BCUT2D eigenvalue weighted by atomic mass is 9.85. The van der Waals surface area contributed by atoms with E-state index in [0.29, 0.717) is 24.5 Å². The SMILES string of the molecule is CCc1cccc(F)c1CNC1CC(N(CC(=O)O)CC2CC2)C1. The van der Waals surface area contributed by atoms with Crippen molar-refractivity contribution < 1.29 is 14.3 Å². The lowest BCUT2D eigenvalue weighted by Crippen LogP contribution is -2.54. The van der Waals surface area contributed by atoms with Gasteiger partial charge in [0.15, 0.2) is 0 Å². The number of aryl methyl sites for hydroxylation is 1. The van der Waals surface area contributed by atoms with Crippen molar-refractivity contribution in [1.82, 2.24) is 10.2 Å². The molecule has 0 unspecified atom stereocenters. The van der Waals surface area contributed by atoms with E-state index in [1.165, 1.54) is 18.9 Å². The summed E-state index contributed by atoms with van der Waals surface area (Å²) in [4.78, 5) is 13.2. The summed E-state index contributed by atoms with van der Waals surface area (Å²) >= 11 is 0. The molecule has 2 aliphatic rings. The summed E-state index contributed by atoms with van der Waals surface area (Å²) in [6.07, 6.45) is 5.21. The first-order valence-electron chi connectivity index (χ1n) is 9.02. The minimum atomic E-state index is -0.744. The van der Waals surface area contributed by atoms with E-state index in [1.54, 1.807) is 6.07 Å². The fourth-order valence-electron chi connectivity index (χ4n) is 3.58. The Morgan fingerprint density at radius 1 is 1.38 bits per heavy atom. The molecule has 0 spiro atoms. The number of hydrogen-bond donors (Lipinski definition) is 2. The van der Waals surface area contributed by atoms with Gasteiger partial charge in [0.05, 0.1) is 6.54 Å². The van der Waals surface area contributed by atoms with Crippen molar-refractivity contribution in [3.8, 4) is 0 Å². The average molecular weight is 334 g/mol. The van der Waals surface area contributed by atoms with Crippen LogP contribution in [0.25, 0.3) is 0 Å². The van der Waals surface area contributed by atoms with Crippen molar-refractivity contribution in [3.63, 3.8) is 0 Å². The molecule has 4 nitrogen and oxygen atoms in total. The Kier molecular flexibility index (Phi) is 5.51. The number of aliphatic carboxylic acids is 1. The lowest BCUT2D eigenvalue weighted by Gasteiger charge is -2.43. The van der Waals surface area contributed by atoms with Gasteiger partial charge in [-0.05, 0) is 49.7 Å². The number of rotatable bonds is 9. The number of benzene rings is 1. The van der Waals surface area contributed by atoms with Gasteiger partial charge in [-0.3, -0.25) is 9.69 Å². The largest absolute Gasteiger partial charge is 0.480 e. The number of carbonyl (C=O) groups is 1. The highest BCUT2D eigenvalue weighted by atomic mass is 19.1. The van der Waals surface area contributed by atoms with Crippen LogP contribution in [0.4, 0.5) is 4.39 Å². The summed E-state index contributed by atoms with van der Waals surface area (Å²) in [5.74, 6) is -0.188. The summed E-state index contributed by atoms with van der Waals surface area (Å²) < 4.78 is 14.0. The maximum absolute atomic E-state index is 14.0. The predicted octanol–water partition coefficient (Wildman–Crippen LogP) is 2.81. The second-order valence-corrected chi connectivity index (χ2v) is 7.20. The molecule has 0 amide bonds. The van der Waals surface area contributed by atoms with Gasteiger partial charge in [0, 0.05) is 30.7 Å². The molecule has 0 aromatic heterocycles. The van der Waals surface area contributed by atoms with Crippen LogP contribution in [-0.2, 0) is 17.8 Å². The van der Waals surface area contributed by atoms with E-state index in [0.717, 1.165) is 36.9 Å². The van der Waals surface area contributed by atoms with Crippen LogP contribution in [0.15, 0.2) is 18.2 Å². The van der Waals surface area contributed by atoms with Crippen molar-refractivity contribution in [1.29, 1.82) is 0 Å². The van der Waals surface area contributed by atoms with Crippen LogP contribution in [0, 0.1) is 11.7 Å². The first-order valence-corrected chi connectivity index (χ1v) is 9.02. The van der Waals surface area contributed by atoms with Gasteiger partial charge in [0.2, 0.25) is 0 Å². The molecule has 132 valence electrons. The monoisotopic (exact) mass is 334 g/mol. The molecule has 2 aliphatic carbocycles. The molecule has 24 heavy (non-hydrogen) atoms. The molecule has 3 rings (SSSR count). The van der Waals surface area contributed by atoms with E-state index < -0.39 is 5.97 Å². The smallest absolute Gasteiger partial charge is 0.317 e. The van der Waals surface area contributed by atoms with Crippen LogP contribution >= 0.6 is 0 Å². The minimum absolute atomic E-state index is 0.140. The van der Waals surface area contributed by atoms with E-state index >= 15 is 0 Å². The molecule has 0 saturated heterocycles. The molecule has 0 bridgehead atoms. The van der Waals surface area contributed by atoms with Gasteiger partial charge in [0.25, 0.3) is 0 Å². The lowest BCUT2D eigenvalue weighted by molar-refractivity contribution is -0.139. The number of carboxylic acid groups (broad SMARTS) is 1. The Morgan fingerprint density at radius 3 is 2.75 bits per heavy atom. The molecule has 2 N–H and O–H groups in total. The summed E-state index contributed by atoms with van der Waals surface area (Å²) in [6, 6.07) is 5.97. The normalized spacial score (nSPS) is 23.3. The van der Waals surface area contributed by atoms with Gasteiger partial charge in [0.1, 0.15) is 5.82 Å². The molecule has 0 aliphatic heterocycles. The second-order valence-electron chi connectivity index (χ2n) is 7.20. The van der Waals surface area contributed by atoms with Crippen molar-refractivity contribution in [2.45, 2.75) is 57.7 Å². The van der Waals surface area contributed by atoms with Gasteiger partial charge in [-0.15, -0.1) is 0 Å². The zero-order valence-corrected chi connectivity index (χ0v) is 14.3. The molecule has 0 atom stereocenters. The van der Waals surface area contributed by atoms with E-state index in [4.69, 9.17) is 5.11 Å². The number of hydrogen-bond acceptors (Lipinski definition) is 3. The Morgan fingerprint density at radius 2 is 2.12 bits per heavy atom. The van der Waals surface area contributed by atoms with E-state index in [1.807, 2.05) is 13.0 Å². The predicted molar refractivity (Wildman–Crippen MR) is 91.4 cm³/mol. The molecule has 1 aromatic carbocycles. The maximum atomic E-state index is 14.0. The van der Waals surface area contributed by atoms with Gasteiger partial charge in [-0.25, -0.2) is 4.39 Å². The van der Waals surface area contributed by atoms with Crippen LogP contribution in [0.5, 0.6) is 0 Å². The third-order valence-corrected chi connectivity index (χ3v) is 5.32. The fraction of sp³-hybridized carbons (Fsp3) is 0.632. The van der Waals surface area contributed by atoms with Crippen LogP contribution < -0.4 is 5.32 Å². The Bertz CT molecular complexity index is 583. The minimum Gasteiger partial charge on any atom is -0.480 e. The molecule has 0 radical (unpaired) electrons. The molecule has 0 heterocycles. The summed E-state index contributed by atoms with van der Waals surface area (Å²) in [7, 11) is 0. The van der Waals surface area contributed by atoms with Gasteiger partial charge in [-0.2, -0.15) is 0 Å². The van der Waals surface area contributed by atoms with Crippen LogP contribution in [0.2, 0.25) is 0 Å². The summed E-state index contributed by atoms with van der Waals surface area (Å²) in [5, 5.41) is 12.5. The topological polar surface area (TPSA) is 52.6 Å². The molecule has 2 fully saturated rings. The number of halogens is 1. The van der Waals surface area contributed by atoms with Crippen molar-refractivity contribution >= 4 is 5.97 Å². The van der Waals surface area contributed by atoms with E-state index in [2.05, 4.69) is 10.2 Å². The Labute approximate surface area is 143 Å². The van der Waals surface area contributed by atoms with Crippen LogP contribution in [-0.4, -0.2) is 41.1 Å². The first kappa shape index (κ1) is 17.4. The van der Waals surface area contributed by atoms with Crippen LogP contribution in [0.3, 0.4) is 0 Å². The zero-order chi connectivity index (χ0) is 17.1. The summed E-state index contributed by atoms with van der Waals surface area (Å²) in [5.41, 5.74) is 1.82. The number of nitrogens with one attached hydrogen (secondary N) is 1. The zero-order valence-electron chi connectivity index (χ0n) is 14.3. The second kappa shape index (κ2) is 7.62. The molecule has 5 heteroatoms. The standard InChI is InChI=1S/C19H27FN2O2/c1-2-14-4-3-5-18(20)17(14)10-21-15-8-16(9-15)22(12-19(23)24)11-13-6-7-13/h3-5,13,15-16,21H,2,6-12H2,1H3,(H,23,24). The highest BCUT2D eigenvalue weighted by molar-refractivity contribution is 5.69. The van der Waals surface area contributed by atoms with Crippen LogP contribution in [0.1, 0.15) is 43.7 Å². The molecular weight excluding hydrogens is 307 g/mol. The summed E-state index contributed by atoms with van der Waals surface area (Å²) in [6.45, 7) is 3.65. The fourth-order valence-corrected chi connectivity index (χ4v) is 3.58. The van der Waals surface area contributed by atoms with E-state index in [9.17, 15) is 9.18 Å². The van der Waals surface area contributed by atoms with Crippen molar-refractivity contribution in [2.75, 3.05) is 13.1 Å². The third-order valence-electron chi connectivity index (χ3n) is 5.32. The highest BCUT2D eigenvalue weighted by Gasteiger charge is 2.36. The molecule has 2 saturated carbocycles. The third kappa shape index (κ3) is 4.33. The Balaban J connectivity index is 1.48. The molecule has 1 aromatic rings. The number of carboxylic acids is 1. The first-order chi connectivity index (χ1) is 11.6. The van der Waals surface area contributed by atoms with E-state index in [-0.39, 0.29) is 12.4 Å². The Hall–Kier alpha value is -1.46. The maximum Gasteiger partial charge on any atom is 0.317 e. The highest BCUT2D eigenvalue weighted by Crippen LogP contribution is 2.34. The van der Waals surface area contributed by atoms with Crippen molar-refractivity contribution in [2.24, 2.45) is 5.92 Å². The molecular formula is C19H27FN2O2. The quantitative estimate of drug-likeness (QED) is 0.729. The average Bonchev–Trinajstić information content (AvgIpc) is 3.30. The van der Waals surface area contributed by atoms with Crippen molar-refractivity contribution in [3.05, 3.63) is 35.1 Å². The van der Waals surface area contributed by atoms with Gasteiger partial charge < -0.3 is 10.4 Å². The number of nitrogens with zero attached hydrogens (tertiary/aromatic N) is 1. The van der Waals surface area contributed by atoms with Gasteiger partial charge >= 0.3 is 5.97 Å².